The van der Waals surface area contributed by atoms with Gasteiger partial charge in [0.1, 0.15) is 22.1 Å². The number of methoxy groups -OCH3 is 2. The van der Waals surface area contributed by atoms with Crippen LogP contribution in [0.15, 0.2) is 39.0 Å². The summed E-state index contributed by atoms with van der Waals surface area (Å²) in [5.74, 6) is -1.35. The maximum atomic E-state index is 12.9. The van der Waals surface area contributed by atoms with Gasteiger partial charge in [-0.05, 0) is 30.0 Å². The van der Waals surface area contributed by atoms with Gasteiger partial charge in [0.25, 0.3) is 10.1 Å². The quantitative estimate of drug-likeness (QED) is 0.101. The van der Waals surface area contributed by atoms with E-state index in [4.69, 9.17) is 14.0 Å². The fourth-order valence-corrected chi connectivity index (χ4v) is 6.74. The molecule has 0 atom stereocenters. The topological polar surface area (TPSA) is 215 Å². The van der Waals surface area contributed by atoms with Crippen molar-refractivity contribution in [3.05, 3.63) is 29.8 Å². The van der Waals surface area contributed by atoms with Gasteiger partial charge in [-0.2, -0.15) is 16.8 Å². The van der Waals surface area contributed by atoms with Gasteiger partial charge in [-0.25, -0.2) is 12.6 Å². The second-order valence-electron chi connectivity index (χ2n) is 8.21. The zero-order valence-corrected chi connectivity index (χ0v) is 24.8. The molecule has 220 valence electrons. The molecule has 0 fully saturated rings. The molecule has 0 aliphatic carbocycles. The number of ether oxygens (including phenoxy) is 2. The molecule has 5 N–H and O–H groups in total. The van der Waals surface area contributed by atoms with Crippen molar-refractivity contribution in [1.29, 1.82) is 0 Å². The van der Waals surface area contributed by atoms with E-state index in [1.165, 1.54) is 46.4 Å². The fraction of sp³-hybridized carbons (Fsp3) is 0.273. The lowest BCUT2D eigenvalue weighted by Gasteiger charge is -2.20. The number of fused-ring (bicyclic) bond motifs is 1. The fourth-order valence-electron chi connectivity index (χ4n) is 4.02. The number of hydrogen-bond acceptors (Lipinski definition) is 13. The number of thiol groups is 1. The standard InChI is InChI=1S/C22H26N2O12S4/c1-11-17(39(28,29)30)8-12-7-16(37)21(22(25)19(12)20(11)23-2)24-13-9-15(35-4)18(10-14(13)34-3)38(26,27)6-5-36-40(31,32)33/h7-10,23-25,37H,5-6H2,1-4H3,(H,28,29,30)(H,31,32,33). The number of aromatic hydroxyl groups is 1. The van der Waals surface area contributed by atoms with E-state index >= 15 is 0 Å². The molecule has 3 aromatic carbocycles. The summed E-state index contributed by atoms with van der Waals surface area (Å²) >= 11 is 4.40. The average Bonchev–Trinajstić information content (AvgIpc) is 2.84. The number of rotatable bonds is 11. The molecule has 0 saturated carbocycles. The molecular formula is C22H26N2O12S4. The SMILES string of the molecule is CNc1c(C)c(S(=O)(=O)O)cc2cc(S)c(Nc3cc(OC)c(S(=O)(=O)CCOS(=O)(=O)O)cc3OC)c(O)c12. The van der Waals surface area contributed by atoms with Crippen LogP contribution in [0.1, 0.15) is 5.56 Å². The van der Waals surface area contributed by atoms with E-state index in [2.05, 4.69) is 27.4 Å². The summed E-state index contributed by atoms with van der Waals surface area (Å²) < 4.78 is 104. The smallest absolute Gasteiger partial charge is 0.397 e. The van der Waals surface area contributed by atoms with Gasteiger partial charge in [-0.3, -0.25) is 9.11 Å². The van der Waals surface area contributed by atoms with E-state index in [1.54, 1.807) is 0 Å². The minimum Gasteiger partial charge on any atom is -0.505 e. The lowest BCUT2D eigenvalue weighted by Crippen LogP contribution is -2.16. The first-order chi connectivity index (χ1) is 18.4. The summed E-state index contributed by atoms with van der Waals surface area (Å²) in [6, 6.07) is 5.02. The predicted octanol–water partition coefficient (Wildman–Crippen LogP) is 2.78. The van der Waals surface area contributed by atoms with Crippen LogP contribution in [0.3, 0.4) is 0 Å². The molecule has 0 radical (unpaired) electrons. The first kappa shape index (κ1) is 31.5. The van der Waals surface area contributed by atoms with Crippen molar-refractivity contribution in [3.8, 4) is 17.2 Å². The Labute approximate surface area is 236 Å². The zero-order chi connectivity index (χ0) is 30.2. The lowest BCUT2D eigenvalue weighted by molar-refractivity contribution is 0.283. The van der Waals surface area contributed by atoms with Crippen LogP contribution in [0.25, 0.3) is 10.8 Å². The van der Waals surface area contributed by atoms with Crippen LogP contribution >= 0.6 is 12.6 Å². The largest absolute Gasteiger partial charge is 0.505 e. The summed E-state index contributed by atoms with van der Waals surface area (Å²) in [5.41, 5.74) is 0.549. The minimum absolute atomic E-state index is 0.0194. The molecule has 3 aromatic rings. The highest BCUT2D eigenvalue weighted by Crippen LogP contribution is 2.47. The van der Waals surface area contributed by atoms with Crippen LogP contribution in [0.2, 0.25) is 0 Å². The number of phenolic OH excluding ortho intramolecular Hbond substituents is 1. The molecule has 40 heavy (non-hydrogen) atoms. The van der Waals surface area contributed by atoms with Crippen molar-refractivity contribution < 1.29 is 53.1 Å². The number of hydrogen-bond donors (Lipinski definition) is 6. The van der Waals surface area contributed by atoms with Crippen molar-refractivity contribution in [2.24, 2.45) is 0 Å². The molecule has 0 bridgehead atoms. The van der Waals surface area contributed by atoms with Crippen molar-refractivity contribution in [2.45, 2.75) is 21.6 Å². The molecule has 0 unspecified atom stereocenters. The zero-order valence-electron chi connectivity index (χ0n) is 21.4. The van der Waals surface area contributed by atoms with Crippen LogP contribution in [0, 0.1) is 6.92 Å². The third-order valence-corrected chi connectivity index (χ3v) is 9.27. The highest BCUT2D eigenvalue weighted by atomic mass is 32.3. The van der Waals surface area contributed by atoms with Crippen molar-refractivity contribution in [3.63, 3.8) is 0 Å². The van der Waals surface area contributed by atoms with Crippen LogP contribution < -0.4 is 20.1 Å². The van der Waals surface area contributed by atoms with Crippen LogP contribution in [0.4, 0.5) is 17.1 Å². The van der Waals surface area contributed by atoms with Gasteiger partial charge < -0.3 is 25.2 Å². The van der Waals surface area contributed by atoms with Gasteiger partial charge in [0.15, 0.2) is 9.84 Å². The van der Waals surface area contributed by atoms with Crippen LogP contribution in [-0.2, 0) is 34.5 Å². The van der Waals surface area contributed by atoms with Crippen LogP contribution in [0.5, 0.6) is 17.2 Å². The summed E-state index contributed by atoms with van der Waals surface area (Å²) in [6.07, 6.45) is 0. The van der Waals surface area contributed by atoms with E-state index < -0.39 is 42.7 Å². The highest BCUT2D eigenvalue weighted by Gasteiger charge is 2.26. The highest BCUT2D eigenvalue weighted by molar-refractivity contribution is 7.91. The van der Waals surface area contributed by atoms with Gasteiger partial charge in [-0.15, -0.1) is 12.6 Å². The lowest BCUT2D eigenvalue weighted by atomic mass is 10.0. The Kier molecular flexibility index (Phi) is 9.04. The van der Waals surface area contributed by atoms with E-state index in [0.717, 1.165) is 6.07 Å². The molecule has 14 nitrogen and oxygen atoms in total. The third-order valence-electron chi connectivity index (χ3n) is 5.78. The number of anilines is 3. The Morgan fingerprint density at radius 2 is 1.52 bits per heavy atom. The summed E-state index contributed by atoms with van der Waals surface area (Å²) in [4.78, 5) is -0.573. The summed E-state index contributed by atoms with van der Waals surface area (Å²) in [6.45, 7) is 0.594. The first-order valence-electron chi connectivity index (χ1n) is 11.0. The summed E-state index contributed by atoms with van der Waals surface area (Å²) in [7, 11) is -9.67. The van der Waals surface area contributed by atoms with Crippen molar-refractivity contribution >= 4 is 70.8 Å². The van der Waals surface area contributed by atoms with E-state index in [1.807, 2.05) is 0 Å². The molecular weight excluding hydrogens is 613 g/mol. The maximum absolute atomic E-state index is 12.9. The average molecular weight is 639 g/mol. The molecule has 18 heteroatoms. The van der Waals surface area contributed by atoms with E-state index in [-0.39, 0.29) is 65.3 Å². The van der Waals surface area contributed by atoms with Gasteiger partial charge in [0.05, 0.1) is 42.8 Å². The van der Waals surface area contributed by atoms with Gasteiger partial charge in [0, 0.05) is 35.1 Å². The maximum Gasteiger partial charge on any atom is 0.397 e. The molecule has 0 aliphatic heterocycles. The second-order valence-corrected chi connectivity index (χ2v) is 13.3. The number of nitrogens with one attached hydrogen (secondary N) is 2. The van der Waals surface area contributed by atoms with Crippen molar-refractivity contribution in [2.75, 3.05) is 44.3 Å². The molecule has 0 spiro atoms. The molecule has 0 amide bonds. The second kappa shape index (κ2) is 11.5. The molecule has 0 aliphatic rings. The Morgan fingerprint density at radius 1 is 0.900 bits per heavy atom. The number of benzene rings is 3. The van der Waals surface area contributed by atoms with Crippen molar-refractivity contribution in [1.82, 2.24) is 0 Å². The third kappa shape index (κ3) is 6.48. The number of phenols is 1. The molecule has 3 rings (SSSR count). The number of sulfone groups is 1. The van der Waals surface area contributed by atoms with Gasteiger partial charge in [-0.1, -0.05) is 0 Å². The Bertz CT molecular complexity index is 1810. The Hall–Kier alpha value is -3.00. The predicted molar refractivity (Wildman–Crippen MR) is 149 cm³/mol. The normalized spacial score (nSPS) is 12.4. The molecule has 0 saturated heterocycles. The molecule has 0 heterocycles. The van der Waals surface area contributed by atoms with Gasteiger partial charge >= 0.3 is 10.4 Å². The van der Waals surface area contributed by atoms with E-state index in [9.17, 15) is 34.9 Å². The Morgan fingerprint density at radius 3 is 2.05 bits per heavy atom. The Balaban J connectivity index is 2.16. The van der Waals surface area contributed by atoms with Crippen LogP contribution in [-0.4, -0.2) is 73.1 Å². The monoisotopic (exact) mass is 638 g/mol. The first-order valence-corrected chi connectivity index (χ1v) is 15.9. The summed E-state index contributed by atoms with van der Waals surface area (Å²) in [5, 5.41) is 17.4. The minimum atomic E-state index is -4.85. The van der Waals surface area contributed by atoms with E-state index in [0.29, 0.717) is 0 Å². The molecule has 0 aromatic heterocycles. The van der Waals surface area contributed by atoms with Gasteiger partial charge in [0.2, 0.25) is 0 Å².